The molecule has 5 nitrogen and oxygen atoms in total. The second-order valence-corrected chi connectivity index (χ2v) is 7.80. The monoisotopic (exact) mass is 359 g/mol. The average Bonchev–Trinajstić information content (AvgIpc) is 3.26. The smallest absolute Gasteiger partial charge is 0.146 e. The number of aromatic nitrogens is 1. The number of thiophene rings is 1. The summed E-state index contributed by atoms with van der Waals surface area (Å²) < 4.78 is 2.12. The van der Waals surface area contributed by atoms with Gasteiger partial charge in [-0.3, -0.25) is 0 Å². The van der Waals surface area contributed by atoms with Gasteiger partial charge >= 0.3 is 0 Å². The third-order valence-corrected chi connectivity index (χ3v) is 5.94. The second-order valence-electron chi connectivity index (χ2n) is 6.88. The van der Waals surface area contributed by atoms with Crippen LogP contribution < -0.4 is 5.32 Å². The molecule has 2 N–H and O–H groups in total. The molecule has 134 valence electrons. The maximum atomic E-state index is 10.2. The van der Waals surface area contributed by atoms with E-state index in [1.165, 1.54) is 38.5 Å². The van der Waals surface area contributed by atoms with Gasteiger partial charge in [0.25, 0.3) is 0 Å². The molecule has 4 rings (SSSR count). The number of hydrogen-bond donors (Lipinski definition) is 2. The molecule has 1 fully saturated rings. The molecule has 1 saturated carbocycles. The van der Waals surface area contributed by atoms with Crippen molar-refractivity contribution in [3.05, 3.63) is 40.3 Å². The minimum atomic E-state index is -0.538. The Bertz CT molecular complexity index is 686. The van der Waals surface area contributed by atoms with E-state index in [4.69, 9.17) is 4.84 Å². The van der Waals surface area contributed by atoms with Crippen molar-refractivity contribution < 1.29 is 9.94 Å². The Balaban J connectivity index is 1.30. The number of rotatable bonds is 6. The molecule has 6 heteroatoms. The lowest BCUT2D eigenvalue weighted by Crippen LogP contribution is -2.37. The van der Waals surface area contributed by atoms with Gasteiger partial charge in [0.2, 0.25) is 0 Å². The van der Waals surface area contributed by atoms with E-state index in [1.54, 1.807) is 11.3 Å². The summed E-state index contributed by atoms with van der Waals surface area (Å²) in [5.74, 6) is 0. The third-order valence-electron chi connectivity index (χ3n) is 5.03. The van der Waals surface area contributed by atoms with Crippen LogP contribution in [0, 0.1) is 0 Å². The SMILES string of the molecule is OC(CNC1CCCCCC1)CON=C1c2sccc2-n2cccc21. The van der Waals surface area contributed by atoms with Crippen molar-refractivity contribution in [2.24, 2.45) is 5.16 Å². The molecule has 0 bridgehead atoms. The highest BCUT2D eigenvalue weighted by Gasteiger charge is 2.26. The summed E-state index contributed by atoms with van der Waals surface area (Å²) in [6.45, 7) is 0.779. The van der Waals surface area contributed by atoms with E-state index in [0.717, 1.165) is 22.0 Å². The fraction of sp³-hybridized carbons (Fsp3) is 0.526. The Kier molecular flexibility index (Phi) is 5.20. The number of fused-ring (bicyclic) bond motifs is 3. The predicted molar refractivity (Wildman–Crippen MR) is 101 cm³/mol. The van der Waals surface area contributed by atoms with E-state index in [0.29, 0.717) is 12.6 Å². The second kappa shape index (κ2) is 7.72. The number of oxime groups is 1. The summed E-state index contributed by atoms with van der Waals surface area (Å²) in [7, 11) is 0. The lowest BCUT2D eigenvalue weighted by Gasteiger charge is -2.18. The van der Waals surface area contributed by atoms with E-state index in [1.807, 2.05) is 18.3 Å². The maximum absolute atomic E-state index is 10.2. The lowest BCUT2D eigenvalue weighted by molar-refractivity contribution is 0.0388. The number of aliphatic hydroxyl groups excluding tert-OH is 1. The molecular weight excluding hydrogens is 334 g/mol. The van der Waals surface area contributed by atoms with Gasteiger partial charge in [0, 0.05) is 18.8 Å². The van der Waals surface area contributed by atoms with Crippen LogP contribution in [0.25, 0.3) is 5.69 Å². The van der Waals surface area contributed by atoms with Crippen LogP contribution in [0.1, 0.15) is 49.1 Å². The van der Waals surface area contributed by atoms with Gasteiger partial charge in [-0.05, 0) is 36.4 Å². The number of nitrogens with one attached hydrogen (secondary N) is 1. The first-order chi connectivity index (χ1) is 12.3. The lowest BCUT2D eigenvalue weighted by atomic mass is 10.1. The normalized spacial score (nSPS) is 20.3. The summed E-state index contributed by atoms with van der Waals surface area (Å²) in [6.07, 6.45) is 9.20. The molecule has 25 heavy (non-hydrogen) atoms. The van der Waals surface area contributed by atoms with Gasteiger partial charge in [0.15, 0.2) is 0 Å². The van der Waals surface area contributed by atoms with E-state index in [-0.39, 0.29) is 6.61 Å². The first-order valence-electron chi connectivity index (χ1n) is 9.20. The molecule has 0 aromatic carbocycles. The highest BCUT2D eigenvalue weighted by molar-refractivity contribution is 7.13. The Morgan fingerprint density at radius 1 is 1.28 bits per heavy atom. The third kappa shape index (κ3) is 3.66. The van der Waals surface area contributed by atoms with Crippen molar-refractivity contribution in [3.8, 4) is 5.69 Å². The topological polar surface area (TPSA) is 58.8 Å². The molecule has 2 aromatic heterocycles. The van der Waals surface area contributed by atoms with Crippen LogP contribution in [0.4, 0.5) is 0 Å². The van der Waals surface area contributed by atoms with Gasteiger partial charge < -0.3 is 19.8 Å². The summed E-state index contributed by atoms with van der Waals surface area (Å²) in [4.78, 5) is 6.61. The van der Waals surface area contributed by atoms with Gasteiger partial charge in [-0.25, -0.2) is 0 Å². The van der Waals surface area contributed by atoms with Crippen LogP contribution in [-0.2, 0) is 4.84 Å². The first-order valence-corrected chi connectivity index (χ1v) is 10.1. The maximum Gasteiger partial charge on any atom is 0.146 e. The molecule has 1 aliphatic heterocycles. The van der Waals surface area contributed by atoms with Gasteiger partial charge in [-0.1, -0.05) is 30.8 Å². The summed E-state index contributed by atoms with van der Waals surface area (Å²) >= 11 is 1.66. The number of aliphatic hydroxyl groups is 1. The highest BCUT2D eigenvalue weighted by Crippen LogP contribution is 2.32. The van der Waals surface area contributed by atoms with E-state index < -0.39 is 6.10 Å². The molecule has 0 saturated heterocycles. The van der Waals surface area contributed by atoms with Gasteiger partial charge in [0.05, 0.1) is 16.3 Å². The van der Waals surface area contributed by atoms with Crippen LogP contribution in [-0.4, -0.2) is 40.7 Å². The first kappa shape index (κ1) is 16.8. The minimum absolute atomic E-state index is 0.213. The van der Waals surface area contributed by atoms with Crippen molar-refractivity contribution in [3.63, 3.8) is 0 Å². The molecule has 0 amide bonds. The minimum Gasteiger partial charge on any atom is -0.392 e. The zero-order chi connectivity index (χ0) is 17.1. The van der Waals surface area contributed by atoms with Crippen LogP contribution in [0.15, 0.2) is 34.9 Å². The zero-order valence-corrected chi connectivity index (χ0v) is 15.2. The summed E-state index contributed by atoms with van der Waals surface area (Å²) in [6, 6.07) is 6.68. The van der Waals surface area contributed by atoms with Gasteiger partial charge in [-0.15, -0.1) is 11.3 Å². The Hall–Kier alpha value is -1.63. The quantitative estimate of drug-likeness (QED) is 0.524. The molecule has 2 aromatic rings. The fourth-order valence-electron chi connectivity index (χ4n) is 3.69. The van der Waals surface area contributed by atoms with Crippen molar-refractivity contribution >= 4 is 17.0 Å². The van der Waals surface area contributed by atoms with Crippen molar-refractivity contribution in [1.29, 1.82) is 0 Å². The molecular formula is C19H25N3O2S. The van der Waals surface area contributed by atoms with Crippen molar-refractivity contribution in [1.82, 2.24) is 9.88 Å². The fourth-order valence-corrected chi connectivity index (χ4v) is 4.56. The van der Waals surface area contributed by atoms with E-state index in [9.17, 15) is 5.11 Å². The van der Waals surface area contributed by atoms with Crippen molar-refractivity contribution in [2.75, 3.05) is 13.2 Å². The van der Waals surface area contributed by atoms with Crippen LogP contribution in [0.5, 0.6) is 0 Å². The van der Waals surface area contributed by atoms with Crippen LogP contribution >= 0.6 is 11.3 Å². The summed E-state index contributed by atoms with van der Waals surface area (Å²) in [5.41, 5.74) is 3.06. The molecule has 1 aliphatic carbocycles. The van der Waals surface area contributed by atoms with Gasteiger partial charge in [-0.2, -0.15) is 0 Å². The number of nitrogens with zero attached hydrogens (tertiary/aromatic N) is 2. The van der Waals surface area contributed by atoms with E-state index in [2.05, 4.69) is 26.5 Å². The highest BCUT2D eigenvalue weighted by atomic mass is 32.1. The summed E-state index contributed by atoms with van der Waals surface area (Å²) in [5, 5.41) is 20.0. The molecule has 2 aliphatic rings. The Labute approximate surface area is 152 Å². The molecule has 0 spiro atoms. The zero-order valence-electron chi connectivity index (χ0n) is 14.4. The molecule has 1 atom stereocenters. The van der Waals surface area contributed by atoms with Gasteiger partial charge in [0.1, 0.15) is 18.4 Å². The van der Waals surface area contributed by atoms with Crippen LogP contribution in [0.3, 0.4) is 0 Å². The number of hydrogen-bond acceptors (Lipinski definition) is 5. The molecule has 1 unspecified atom stereocenters. The molecule has 3 heterocycles. The van der Waals surface area contributed by atoms with E-state index >= 15 is 0 Å². The Morgan fingerprint density at radius 3 is 2.96 bits per heavy atom. The average molecular weight is 359 g/mol. The standard InChI is InChI=1S/C19H25N3O2S/c23-15(12-20-14-6-3-1-2-4-7-14)13-24-21-18-16-8-5-10-22(16)17-9-11-25-19(17)18/h5,8-11,14-15,20,23H,1-4,6-7,12-13H2. The van der Waals surface area contributed by atoms with Crippen molar-refractivity contribution in [2.45, 2.75) is 50.7 Å². The Morgan fingerprint density at radius 2 is 2.12 bits per heavy atom. The molecule has 0 radical (unpaired) electrons. The largest absolute Gasteiger partial charge is 0.392 e. The van der Waals surface area contributed by atoms with Crippen LogP contribution in [0.2, 0.25) is 0 Å². The predicted octanol–water partition coefficient (Wildman–Crippen LogP) is 3.29.